The number of furan rings is 2. The van der Waals surface area contributed by atoms with Crippen LogP contribution in [0.15, 0.2) is 191 Å². The molecule has 11 aromatic rings. The average molecular weight is 671 g/mol. The molecule has 0 bridgehead atoms. The lowest BCUT2D eigenvalue weighted by molar-refractivity contribution is 0.619. The van der Waals surface area contributed by atoms with Gasteiger partial charge in [-0.05, 0) is 83.9 Å². The first-order valence-corrected chi connectivity index (χ1v) is 17.1. The van der Waals surface area contributed by atoms with Crippen LogP contribution < -0.4 is 0 Å². The van der Waals surface area contributed by atoms with E-state index in [-0.39, 0.29) is 45.7 Å². The number of rotatable bonds is 4. The zero-order valence-corrected chi connectivity index (χ0v) is 27.5. The van der Waals surface area contributed by atoms with Crippen LogP contribution in [0.3, 0.4) is 0 Å². The Kier molecular flexibility index (Phi) is 4.79. The van der Waals surface area contributed by atoms with E-state index in [9.17, 15) is 2.74 Å². The minimum Gasteiger partial charge on any atom is -0.463 e. The minimum absolute atomic E-state index is 0.176. The Morgan fingerprint density at radius 2 is 1.02 bits per heavy atom. The van der Waals surface area contributed by atoms with Crippen LogP contribution in [-0.2, 0) is 0 Å². The maximum absolute atomic E-state index is 9.23. The van der Waals surface area contributed by atoms with E-state index in [2.05, 4.69) is 30.3 Å². The molecule has 0 aliphatic heterocycles. The number of hydrogen-bond donors (Lipinski definition) is 0. The Bertz CT molecular complexity index is 3550. The first-order valence-electron chi connectivity index (χ1n) is 21.1. The van der Waals surface area contributed by atoms with Crippen molar-refractivity contribution in [2.45, 2.75) is 0 Å². The zero-order chi connectivity index (χ0) is 41.1. The van der Waals surface area contributed by atoms with Crippen LogP contribution in [-0.4, -0.2) is 0 Å². The Hall–Kier alpha value is -6.90. The summed E-state index contributed by atoms with van der Waals surface area (Å²) in [7, 11) is 0. The van der Waals surface area contributed by atoms with Gasteiger partial charge in [-0.3, -0.25) is 0 Å². The Balaban J connectivity index is 1.12. The molecule has 0 radical (unpaired) electrons. The van der Waals surface area contributed by atoms with Crippen molar-refractivity contribution in [3.05, 3.63) is 182 Å². The highest BCUT2D eigenvalue weighted by Crippen LogP contribution is 2.45. The molecular weight excluding hydrogens is 633 g/mol. The normalized spacial score (nSPS) is 14.0. The molecule has 2 aromatic heterocycles. The minimum atomic E-state index is -0.434. The van der Waals surface area contributed by atoms with Crippen molar-refractivity contribution < 1.29 is 19.8 Å². The third-order valence-electron chi connectivity index (χ3n) is 10.2. The van der Waals surface area contributed by atoms with Crippen molar-refractivity contribution in [1.82, 2.24) is 0 Å². The smallest absolute Gasteiger partial charge is 0.146 e. The molecule has 2 nitrogen and oxygen atoms in total. The van der Waals surface area contributed by atoms with Crippen molar-refractivity contribution in [3.8, 4) is 44.5 Å². The molecule has 11 rings (SSSR count). The lowest BCUT2D eigenvalue weighted by Gasteiger charge is -2.18. The summed E-state index contributed by atoms with van der Waals surface area (Å²) in [6, 6.07) is 38.2. The fraction of sp³-hybridized carbons (Fsp3) is 0. The van der Waals surface area contributed by atoms with Gasteiger partial charge in [0.15, 0.2) is 0 Å². The van der Waals surface area contributed by atoms with Crippen molar-refractivity contribution in [2.75, 3.05) is 0 Å². The number of para-hydroxylation sites is 1. The van der Waals surface area contributed by atoms with E-state index in [1.165, 1.54) is 5.39 Å². The molecule has 9 aromatic carbocycles. The van der Waals surface area contributed by atoms with Gasteiger partial charge >= 0.3 is 0 Å². The summed E-state index contributed by atoms with van der Waals surface area (Å²) in [6.45, 7) is 0. The second kappa shape index (κ2) is 11.3. The van der Waals surface area contributed by atoms with E-state index < -0.39 is 24.2 Å². The van der Waals surface area contributed by atoms with Crippen LogP contribution in [0.2, 0.25) is 0 Å². The van der Waals surface area contributed by atoms with Crippen molar-refractivity contribution in [3.63, 3.8) is 0 Å². The highest BCUT2D eigenvalue weighted by molar-refractivity contribution is 6.22. The lowest BCUT2D eigenvalue weighted by Crippen LogP contribution is -1.90. The Labute approximate surface area is 311 Å². The molecule has 0 unspecified atom stereocenters. The molecule has 0 saturated heterocycles. The predicted molar refractivity (Wildman–Crippen MR) is 218 cm³/mol. The molecule has 0 aliphatic rings. The van der Waals surface area contributed by atoms with Gasteiger partial charge in [0.2, 0.25) is 0 Å². The largest absolute Gasteiger partial charge is 0.463 e. The Morgan fingerprint density at radius 1 is 0.404 bits per heavy atom. The van der Waals surface area contributed by atoms with E-state index in [1.54, 1.807) is 30.5 Å². The maximum Gasteiger partial charge on any atom is 0.146 e. The van der Waals surface area contributed by atoms with Crippen LogP contribution in [0.1, 0.15) is 11.0 Å². The van der Waals surface area contributed by atoms with Crippen molar-refractivity contribution in [2.24, 2.45) is 0 Å². The SMILES string of the molecule is [2H]c1c([2H])c([2H])c2c(-c3ccc(-c4cccc5c4oc4ccc6c(-c7ccc8ccccc8c7)coc6c45)cc3)c3c([2H])c([2H])c([2H])c([2H])c3c(-c3ccccc3)c2c1[2H]. The molecule has 0 amide bonds. The van der Waals surface area contributed by atoms with E-state index in [1.807, 2.05) is 72.8 Å². The first-order chi connectivity index (χ1) is 29.1. The van der Waals surface area contributed by atoms with Crippen LogP contribution in [0.25, 0.3) is 110 Å². The predicted octanol–water partition coefficient (Wildman–Crippen LogP) is 14.5. The third-order valence-corrected chi connectivity index (χ3v) is 10.2. The van der Waals surface area contributed by atoms with Gasteiger partial charge in [-0.1, -0.05) is 158 Å². The molecule has 0 saturated carbocycles. The fourth-order valence-electron chi connectivity index (χ4n) is 7.81. The second-order valence-electron chi connectivity index (χ2n) is 13.0. The number of benzene rings is 9. The Morgan fingerprint density at radius 3 is 1.73 bits per heavy atom. The highest BCUT2D eigenvalue weighted by atomic mass is 16.3. The van der Waals surface area contributed by atoms with Gasteiger partial charge < -0.3 is 8.83 Å². The standard InChI is InChI=1S/C50H30O2/c1-2-12-33(13-3-1)46-38-15-6-8-17-40(38)47(41-18-9-7-16-39(41)46)34-24-22-32(23-25-34)37-19-10-20-43-48-45(52-49(37)43)28-27-42-44(30-51-50(42)48)36-26-21-31-11-4-5-14-35(31)29-36/h1-30H/i6D,7D,8D,9D,15D,16D,17D,18D. The summed E-state index contributed by atoms with van der Waals surface area (Å²) in [5.74, 6) is 0. The van der Waals surface area contributed by atoms with Crippen LogP contribution in [0.5, 0.6) is 0 Å². The van der Waals surface area contributed by atoms with Crippen LogP contribution in [0, 0.1) is 0 Å². The molecule has 2 heterocycles. The van der Waals surface area contributed by atoms with Gasteiger partial charge in [-0.15, -0.1) is 0 Å². The molecule has 0 spiro atoms. The lowest BCUT2D eigenvalue weighted by atomic mass is 9.85. The van der Waals surface area contributed by atoms with Gasteiger partial charge in [0.25, 0.3) is 0 Å². The third kappa shape index (κ3) is 4.31. The second-order valence-corrected chi connectivity index (χ2v) is 13.0. The van der Waals surface area contributed by atoms with Crippen molar-refractivity contribution >= 4 is 65.2 Å². The van der Waals surface area contributed by atoms with Crippen LogP contribution >= 0.6 is 0 Å². The number of fused-ring (bicyclic) bond motifs is 8. The molecule has 2 heteroatoms. The molecule has 242 valence electrons. The summed E-state index contributed by atoms with van der Waals surface area (Å²) < 4.78 is 84.4. The van der Waals surface area contributed by atoms with Crippen LogP contribution in [0.4, 0.5) is 0 Å². The molecular formula is C50H30O2. The molecule has 0 atom stereocenters. The van der Waals surface area contributed by atoms with E-state index in [0.29, 0.717) is 33.4 Å². The summed E-state index contributed by atoms with van der Waals surface area (Å²) in [4.78, 5) is 0. The zero-order valence-electron chi connectivity index (χ0n) is 35.5. The summed E-state index contributed by atoms with van der Waals surface area (Å²) in [5.41, 5.74) is 7.49. The van der Waals surface area contributed by atoms with Gasteiger partial charge in [0.1, 0.15) is 16.7 Å². The average Bonchev–Trinajstić information content (AvgIpc) is 3.90. The van der Waals surface area contributed by atoms with E-state index in [0.717, 1.165) is 49.4 Å². The summed E-state index contributed by atoms with van der Waals surface area (Å²) >= 11 is 0. The fourth-order valence-corrected chi connectivity index (χ4v) is 7.81. The van der Waals surface area contributed by atoms with Gasteiger partial charge in [-0.25, -0.2) is 0 Å². The summed E-state index contributed by atoms with van der Waals surface area (Å²) in [6.07, 6.45) is 1.80. The topological polar surface area (TPSA) is 26.3 Å². The molecule has 0 aliphatic carbocycles. The number of hydrogen-bond acceptors (Lipinski definition) is 2. The summed E-state index contributed by atoms with van der Waals surface area (Å²) in [5, 5.41) is 5.77. The van der Waals surface area contributed by atoms with Gasteiger partial charge in [0.05, 0.1) is 22.6 Å². The van der Waals surface area contributed by atoms with E-state index >= 15 is 0 Å². The quantitative estimate of drug-likeness (QED) is 0.174. The maximum atomic E-state index is 9.23. The molecule has 0 fully saturated rings. The van der Waals surface area contributed by atoms with Gasteiger partial charge in [-0.2, -0.15) is 0 Å². The van der Waals surface area contributed by atoms with Crippen molar-refractivity contribution in [1.29, 1.82) is 0 Å². The first kappa shape index (κ1) is 22.0. The molecule has 0 N–H and O–H groups in total. The van der Waals surface area contributed by atoms with Gasteiger partial charge in [0, 0.05) is 21.9 Å². The highest BCUT2D eigenvalue weighted by Gasteiger charge is 2.20. The molecule has 52 heavy (non-hydrogen) atoms. The monoisotopic (exact) mass is 670 g/mol. The van der Waals surface area contributed by atoms with E-state index in [4.69, 9.17) is 17.1 Å².